The Morgan fingerprint density at radius 1 is 1.16 bits per heavy atom. The predicted octanol–water partition coefficient (Wildman–Crippen LogP) is 4.55. The number of amides is 1. The lowest BCUT2D eigenvalue weighted by molar-refractivity contribution is 0.0710. The molecule has 1 aromatic heterocycles. The molecule has 3 aromatic rings. The molecule has 0 N–H and O–H groups in total. The minimum atomic E-state index is -0.0826. The first-order chi connectivity index (χ1) is 15.0. The van der Waals surface area contributed by atoms with Crippen molar-refractivity contribution >= 4 is 33.4 Å². The molecule has 8 heteroatoms. The average Bonchev–Trinajstić information content (AvgIpc) is 3.11. The molecule has 6 nitrogen and oxygen atoms in total. The lowest BCUT2D eigenvalue weighted by Gasteiger charge is -2.31. The number of likely N-dealkylation sites (tertiary alicyclic amines) is 1. The quantitative estimate of drug-likeness (QED) is 0.513. The van der Waals surface area contributed by atoms with E-state index in [0.717, 1.165) is 28.7 Å². The lowest BCUT2D eigenvalue weighted by Crippen LogP contribution is -2.38. The molecule has 162 valence electrons. The van der Waals surface area contributed by atoms with Crippen molar-refractivity contribution in [3.8, 4) is 0 Å². The van der Waals surface area contributed by atoms with Gasteiger partial charge in [-0.05, 0) is 43.5 Å². The molecule has 4 rings (SSSR count). The van der Waals surface area contributed by atoms with Crippen molar-refractivity contribution in [1.82, 2.24) is 19.2 Å². The van der Waals surface area contributed by atoms with E-state index in [4.69, 9.17) is 11.6 Å². The first-order valence-electron chi connectivity index (χ1n) is 10.4. The van der Waals surface area contributed by atoms with Crippen LogP contribution in [0.4, 0.5) is 0 Å². The summed E-state index contributed by atoms with van der Waals surface area (Å²) in [4.78, 5) is 27.7. The molecule has 0 saturated carbocycles. The largest absolute Gasteiger partial charge is 0.346 e. The summed E-state index contributed by atoms with van der Waals surface area (Å²) in [6.45, 7) is 4.22. The van der Waals surface area contributed by atoms with Gasteiger partial charge in [-0.25, -0.2) is 9.48 Å². The molecule has 2 heterocycles. The number of benzene rings is 2. The third-order valence-corrected chi connectivity index (χ3v) is 6.57. The number of rotatable bonds is 5. The topological polar surface area (TPSA) is 60.1 Å². The number of piperidine rings is 1. The Bertz CT molecular complexity index is 1130. The summed E-state index contributed by atoms with van der Waals surface area (Å²) >= 11 is 9.65. The van der Waals surface area contributed by atoms with Crippen molar-refractivity contribution in [1.29, 1.82) is 0 Å². The second-order valence-electron chi connectivity index (χ2n) is 7.72. The molecule has 2 aromatic carbocycles. The van der Waals surface area contributed by atoms with Gasteiger partial charge < -0.3 is 4.90 Å². The summed E-state index contributed by atoms with van der Waals surface area (Å²) in [5, 5.41) is 5.14. The van der Waals surface area contributed by atoms with Crippen LogP contribution >= 0.6 is 27.5 Å². The number of hydrogen-bond acceptors (Lipinski definition) is 3. The van der Waals surface area contributed by atoms with Gasteiger partial charge in [0.2, 0.25) is 0 Å². The van der Waals surface area contributed by atoms with Crippen LogP contribution in [0.1, 0.15) is 47.4 Å². The van der Waals surface area contributed by atoms with Crippen LogP contribution in [0.15, 0.2) is 57.8 Å². The summed E-state index contributed by atoms with van der Waals surface area (Å²) in [5.41, 5.74) is 1.47. The first kappa shape index (κ1) is 21.8. The molecular weight excluding hydrogens is 480 g/mol. The van der Waals surface area contributed by atoms with Crippen molar-refractivity contribution in [3.63, 3.8) is 0 Å². The standard InChI is InChI=1S/C23H24BrClN4O2/c1-2-28-21(26-29(23(28)31)15-16-6-4-3-5-7-16)17-10-12-27(13-11-17)22(30)19-14-18(24)8-9-20(19)25/h3-9,14,17H,2,10-13,15H2,1H3. The van der Waals surface area contributed by atoms with E-state index in [1.54, 1.807) is 21.4 Å². The van der Waals surface area contributed by atoms with Crippen LogP contribution in [0.25, 0.3) is 0 Å². The molecule has 1 aliphatic rings. The molecule has 1 aliphatic heterocycles. The zero-order chi connectivity index (χ0) is 22.0. The number of nitrogens with zero attached hydrogens (tertiary/aromatic N) is 4. The molecule has 0 atom stereocenters. The molecule has 0 radical (unpaired) electrons. The zero-order valence-corrected chi connectivity index (χ0v) is 19.6. The van der Waals surface area contributed by atoms with Crippen LogP contribution in [0, 0.1) is 0 Å². The van der Waals surface area contributed by atoms with Gasteiger partial charge in [-0.3, -0.25) is 9.36 Å². The maximum Gasteiger partial charge on any atom is 0.346 e. The number of carbonyl (C=O) groups is 1. The molecule has 0 spiro atoms. The zero-order valence-electron chi connectivity index (χ0n) is 17.3. The maximum atomic E-state index is 12.9. The van der Waals surface area contributed by atoms with Gasteiger partial charge in [0.25, 0.3) is 5.91 Å². The summed E-state index contributed by atoms with van der Waals surface area (Å²) in [7, 11) is 0. The van der Waals surface area contributed by atoms with Crippen molar-refractivity contribution < 1.29 is 4.79 Å². The normalized spacial score (nSPS) is 14.7. The van der Waals surface area contributed by atoms with Crippen molar-refractivity contribution in [2.45, 2.75) is 38.8 Å². The number of halogens is 2. The number of aromatic nitrogens is 3. The Morgan fingerprint density at radius 2 is 1.87 bits per heavy atom. The van der Waals surface area contributed by atoms with Gasteiger partial charge in [-0.2, -0.15) is 5.10 Å². The summed E-state index contributed by atoms with van der Waals surface area (Å²) in [6, 6.07) is 15.2. The second kappa shape index (κ2) is 9.40. The van der Waals surface area contributed by atoms with Gasteiger partial charge in [0, 0.05) is 30.0 Å². The Kier molecular flexibility index (Phi) is 6.62. The Labute approximate surface area is 194 Å². The third-order valence-electron chi connectivity index (χ3n) is 5.75. The number of carbonyl (C=O) groups excluding carboxylic acids is 1. The van der Waals surface area contributed by atoms with E-state index >= 15 is 0 Å². The first-order valence-corrected chi connectivity index (χ1v) is 11.6. The van der Waals surface area contributed by atoms with E-state index in [-0.39, 0.29) is 17.5 Å². The molecule has 31 heavy (non-hydrogen) atoms. The van der Waals surface area contributed by atoms with Gasteiger partial charge in [-0.1, -0.05) is 57.9 Å². The summed E-state index contributed by atoms with van der Waals surface area (Å²) in [5.74, 6) is 0.898. The van der Waals surface area contributed by atoms with Crippen molar-refractivity contribution in [2.75, 3.05) is 13.1 Å². The van der Waals surface area contributed by atoms with Crippen molar-refractivity contribution in [2.24, 2.45) is 0 Å². The predicted molar refractivity (Wildman–Crippen MR) is 125 cm³/mol. The van der Waals surface area contributed by atoms with Crippen LogP contribution in [-0.4, -0.2) is 38.2 Å². The molecule has 1 amide bonds. The van der Waals surface area contributed by atoms with Crippen molar-refractivity contribution in [3.05, 3.63) is 85.5 Å². The fraction of sp³-hybridized carbons (Fsp3) is 0.348. The Hall–Kier alpha value is -2.38. The van der Waals surface area contributed by atoms with Gasteiger partial charge in [0.05, 0.1) is 17.1 Å². The van der Waals surface area contributed by atoms with Gasteiger partial charge in [-0.15, -0.1) is 0 Å². The van der Waals surface area contributed by atoms with Crippen LogP contribution in [-0.2, 0) is 13.1 Å². The fourth-order valence-electron chi connectivity index (χ4n) is 4.09. The monoisotopic (exact) mass is 502 g/mol. The number of hydrogen-bond donors (Lipinski definition) is 0. The van der Waals surface area contributed by atoms with Gasteiger partial charge in [0.15, 0.2) is 0 Å². The highest BCUT2D eigenvalue weighted by atomic mass is 79.9. The third kappa shape index (κ3) is 4.62. The second-order valence-corrected chi connectivity index (χ2v) is 9.04. The van der Waals surface area contributed by atoms with E-state index in [9.17, 15) is 9.59 Å². The molecule has 0 unspecified atom stereocenters. The van der Waals surface area contributed by atoms with E-state index in [1.165, 1.54) is 0 Å². The maximum absolute atomic E-state index is 12.9. The van der Waals surface area contributed by atoms with Crippen LogP contribution < -0.4 is 5.69 Å². The highest BCUT2D eigenvalue weighted by Gasteiger charge is 2.29. The SMILES string of the molecule is CCn1c(C2CCN(C(=O)c3cc(Br)ccc3Cl)CC2)nn(Cc2ccccc2)c1=O. The Balaban J connectivity index is 1.49. The minimum absolute atomic E-state index is 0.0627. The van der Waals surface area contributed by atoms with Crippen LogP contribution in [0.3, 0.4) is 0 Å². The highest BCUT2D eigenvalue weighted by Crippen LogP contribution is 2.29. The summed E-state index contributed by atoms with van der Waals surface area (Å²) < 4.78 is 4.13. The molecule has 0 bridgehead atoms. The van der Waals surface area contributed by atoms with Crippen LogP contribution in [0.5, 0.6) is 0 Å². The molecule has 1 fully saturated rings. The summed E-state index contributed by atoms with van der Waals surface area (Å²) in [6.07, 6.45) is 1.53. The Morgan fingerprint density at radius 3 is 2.55 bits per heavy atom. The van der Waals surface area contributed by atoms with Gasteiger partial charge >= 0.3 is 5.69 Å². The van der Waals surface area contributed by atoms with E-state index < -0.39 is 0 Å². The molecular formula is C23H24BrClN4O2. The fourth-order valence-corrected chi connectivity index (χ4v) is 4.65. The molecule has 1 saturated heterocycles. The van der Waals surface area contributed by atoms with E-state index in [0.29, 0.717) is 36.8 Å². The average molecular weight is 504 g/mol. The lowest BCUT2D eigenvalue weighted by atomic mass is 9.95. The smallest absolute Gasteiger partial charge is 0.339 e. The molecule has 0 aliphatic carbocycles. The van der Waals surface area contributed by atoms with Crippen LogP contribution in [0.2, 0.25) is 5.02 Å². The van der Waals surface area contributed by atoms with E-state index in [1.807, 2.05) is 48.2 Å². The van der Waals surface area contributed by atoms with Gasteiger partial charge in [0.1, 0.15) is 5.82 Å². The van der Waals surface area contributed by atoms with E-state index in [2.05, 4.69) is 21.0 Å². The minimum Gasteiger partial charge on any atom is -0.339 e. The highest BCUT2D eigenvalue weighted by molar-refractivity contribution is 9.10.